The quantitative estimate of drug-likeness (QED) is 0.480. The normalized spacial score (nSPS) is 10.8. The lowest BCUT2D eigenvalue weighted by atomic mass is 9.95. The first kappa shape index (κ1) is 18.7. The molecule has 0 amide bonds. The monoisotopic (exact) mass is 383 g/mol. The molecule has 0 saturated heterocycles. The van der Waals surface area contributed by atoms with E-state index >= 15 is 0 Å². The van der Waals surface area contributed by atoms with Crippen LogP contribution >= 0.6 is 0 Å². The second-order valence-corrected chi connectivity index (χ2v) is 7.14. The number of Topliss-reactive ketones (excluding diaryl/α,β-unsaturated/α-hetero) is 1. The molecular formula is C24H21N3O2. The molecule has 0 radical (unpaired) electrons. The fourth-order valence-electron chi connectivity index (χ4n) is 3.33. The fourth-order valence-corrected chi connectivity index (χ4v) is 3.33. The number of rotatable bonds is 6. The molecule has 0 spiro atoms. The number of benzene rings is 2. The maximum Gasteiger partial charge on any atom is 0.181 e. The van der Waals surface area contributed by atoms with Gasteiger partial charge in [-0.2, -0.15) is 0 Å². The van der Waals surface area contributed by atoms with Crippen molar-refractivity contribution in [1.82, 2.24) is 15.0 Å². The van der Waals surface area contributed by atoms with Gasteiger partial charge in [0, 0.05) is 24.6 Å². The van der Waals surface area contributed by atoms with Crippen LogP contribution in [-0.2, 0) is 17.6 Å². The maximum atomic E-state index is 12.4. The van der Waals surface area contributed by atoms with Crippen molar-refractivity contribution in [2.45, 2.75) is 26.7 Å². The van der Waals surface area contributed by atoms with Crippen LogP contribution in [0.25, 0.3) is 22.5 Å². The van der Waals surface area contributed by atoms with Crippen molar-refractivity contribution >= 4 is 5.78 Å². The van der Waals surface area contributed by atoms with Crippen LogP contribution in [0.3, 0.4) is 0 Å². The standard InChI is InChI=1S/C24H21N3O2/c1-16-3-6-20(24-13-26-15-29-24)10-22(16)19-7-4-18(5-8-19)9-21(28)11-23-17(2)12-25-14-27-23/h3-8,10,12-15H,9,11H2,1-2H3. The molecule has 144 valence electrons. The second kappa shape index (κ2) is 8.19. The molecule has 5 heteroatoms. The summed E-state index contributed by atoms with van der Waals surface area (Å²) < 4.78 is 5.41. The van der Waals surface area contributed by atoms with Crippen LogP contribution in [0, 0.1) is 13.8 Å². The van der Waals surface area contributed by atoms with Crippen molar-refractivity contribution in [2.24, 2.45) is 0 Å². The molecule has 0 atom stereocenters. The fraction of sp³-hybridized carbons (Fsp3) is 0.167. The van der Waals surface area contributed by atoms with Gasteiger partial charge in [-0.3, -0.25) is 4.79 Å². The minimum absolute atomic E-state index is 0.142. The highest BCUT2D eigenvalue weighted by molar-refractivity contribution is 5.83. The second-order valence-electron chi connectivity index (χ2n) is 7.14. The molecule has 29 heavy (non-hydrogen) atoms. The third kappa shape index (κ3) is 4.29. The van der Waals surface area contributed by atoms with Gasteiger partial charge in [0.2, 0.25) is 0 Å². The van der Waals surface area contributed by atoms with E-state index in [1.807, 2.05) is 25.1 Å². The van der Waals surface area contributed by atoms with E-state index in [9.17, 15) is 4.79 Å². The van der Waals surface area contributed by atoms with Crippen LogP contribution in [0.15, 0.2) is 72.0 Å². The average Bonchev–Trinajstić information content (AvgIpc) is 3.26. The maximum absolute atomic E-state index is 12.4. The molecule has 5 nitrogen and oxygen atoms in total. The molecule has 0 unspecified atom stereocenters. The van der Waals surface area contributed by atoms with Crippen molar-refractivity contribution in [3.63, 3.8) is 0 Å². The van der Waals surface area contributed by atoms with Crippen LogP contribution in [0.1, 0.15) is 22.4 Å². The molecule has 0 N–H and O–H groups in total. The number of aromatic nitrogens is 3. The van der Waals surface area contributed by atoms with Gasteiger partial charge in [0.05, 0.1) is 11.9 Å². The highest BCUT2D eigenvalue weighted by Crippen LogP contribution is 2.29. The van der Waals surface area contributed by atoms with E-state index in [1.165, 1.54) is 18.3 Å². The summed E-state index contributed by atoms with van der Waals surface area (Å²) in [5.74, 6) is 0.886. The lowest BCUT2D eigenvalue weighted by molar-refractivity contribution is -0.117. The summed E-state index contributed by atoms with van der Waals surface area (Å²) in [4.78, 5) is 24.6. The predicted octanol–water partition coefficient (Wildman–Crippen LogP) is 4.77. The Balaban J connectivity index is 1.50. The zero-order valence-corrected chi connectivity index (χ0v) is 16.4. The Labute approximate surface area is 169 Å². The number of ketones is 1. The van der Waals surface area contributed by atoms with E-state index in [0.29, 0.717) is 12.8 Å². The molecule has 0 aliphatic carbocycles. The van der Waals surface area contributed by atoms with E-state index < -0.39 is 0 Å². The summed E-state index contributed by atoms with van der Waals surface area (Å²) in [5.41, 5.74) is 7.13. The first-order valence-corrected chi connectivity index (χ1v) is 9.46. The van der Waals surface area contributed by atoms with Gasteiger partial charge in [-0.1, -0.05) is 36.4 Å². The summed E-state index contributed by atoms with van der Waals surface area (Å²) in [6, 6.07) is 14.4. The third-order valence-electron chi connectivity index (χ3n) is 4.99. The van der Waals surface area contributed by atoms with Gasteiger partial charge >= 0.3 is 0 Å². The van der Waals surface area contributed by atoms with E-state index in [4.69, 9.17) is 4.42 Å². The summed E-state index contributed by atoms with van der Waals surface area (Å²) in [7, 11) is 0. The summed E-state index contributed by atoms with van der Waals surface area (Å²) in [6.07, 6.45) is 7.08. The number of carbonyl (C=O) groups excluding carboxylic acids is 1. The number of aryl methyl sites for hydroxylation is 2. The Morgan fingerprint density at radius 3 is 2.41 bits per heavy atom. The van der Waals surface area contributed by atoms with E-state index in [2.05, 4.69) is 46.1 Å². The average molecular weight is 383 g/mol. The first-order valence-electron chi connectivity index (χ1n) is 9.46. The minimum Gasteiger partial charge on any atom is -0.444 e. The number of hydrogen-bond acceptors (Lipinski definition) is 5. The molecule has 4 aromatic rings. The summed E-state index contributed by atoms with van der Waals surface area (Å²) in [5, 5.41) is 0. The van der Waals surface area contributed by atoms with E-state index in [1.54, 1.807) is 12.4 Å². The number of oxazole rings is 1. The zero-order chi connectivity index (χ0) is 20.2. The van der Waals surface area contributed by atoms with E-state index in [0.717, 1.165) is 39.3 Å². The van der Waals surface area contributed by atoms with Gasteiger partial charge in [0.1, 0.15) is 12.1 Å². The molecule has 4 rings (SSSR count). The van der Waals surface area contributed by atoms with Crippen molar-refractivity contribution in [3.8, 4) is 22.5 Å². The third-order valence-corrected chi connectivity index (χ3v) is 4.99. The van der Waals surface area contributed by atoms with Gasteiger partial charge in [-0.25, -0.2) is 15.0 Å². The largest absolute Gasteiger partial charge is 0.444 e. The van der Waals surface area contributed by atoms with Crippen LogP contribution < -0.4 is 0 Å². The summed E-state index contributed by atoms with van der Waals surface area (Å²) in [6.45, 7) is 4.01. The molecule has 2 heterocycles. The van der Waals surface area contributed by atoms with Gasteiger partial charge in [0.15, 0.2) is 12.2 Å². The lowest BCUT2D eigenvalue weighted by Gasteiger charge is -2.09. The predicted molar refractivity (Wildman–Crippen MR) is 111 cm³/mol. The van der Waals surface area contributed by atoms with E-state index in [-0.39, 0.29) is 5.78 Å². The Morgan fingerprint density at radius 1 is 0.897 bits per heavy atom. The molecule has 2 aromatic heterocycles. The lowest BCUT2D eigenvalue weighted by Crippen LogP contribution is -2.09. The topological polar surface area (TPSA) is 68.9 Å². The van der Waals surface area contributed by atoms with Crippen LogP contribution in [0.2, 0.25) is 0 Å². The van der Waals surface area contributed by atoms with Crippen molar-refractivity contribution in [2.75, 3.05) is 0 Å². The number of carbonyl (C=O) groups is 1. The smallest absolute Gasteiger partial charge is 0.181 e. The first-order chi connectivity index (χ1) is 14.1. The van der Waals surface area contributed by atoms with Gasteiger partial charge < -0.3 is 4.42 Å². The SMILES string of the molecule is Cc1ccc(-c2cnco2)cc1-c1ccc(CC(=O)Cc2ncncc2C)cc1. The Hall–Kier alpha value is -3.60. The van der Waals surface area contributed by atoms with Crippen LogP contribution in [-0.4, -0.2) is 20.7 Å². The van der Waals surface area contributed by atoms with Gasteiger partial charge in [0.25, 0.3) is 0 Å². The number of nitrogens with zero attached hydrogens (tertiary/aromatic N) is 3. The van der Waals surface area contributed by atoms with Crippen LogP contribution in [0.5, 0.6) is 0 Å². The van der Waals surface area contributed by atoms with Crippen molar-refractivity contribution < 1.29 is 9.21 Å². The molecular weight excluding hydrogens is 362 g/mol. The molecule has 0 fully saturated rings. The Kier molecular flexibility index (Phi) is 5.29. The molecule has 2 aromatic carbocycles. The Bertz CT molecular complexity index is 1130. The molecule has 0 saturated carbocycles. The Morgan fingerprint density at radius 2 is 1.69 bits per heavy atom. The molecule has 0 aliphatic heterocycles. The molecule has 0 bridgehead atoms. The highest BCUT2D eigenvalue weighted by Gasteiger charge is 2.10. The zero-order valence-electron chi connectivity index (χ0n) is 16.4. The van der Waals surface area contributed by atoms with Crippen molar-refractivity contribution in [3.05, 3.63) is 90.0 Å². The van der Waals surface area contributed by atoms with Crippen molar-refractivity contribution in [1.29, 1.82) is 0 Å². The highest BCUT2D eigenvalue weighted by atomic mass is 16.3. The molecule has 0 aliphatic rings. The summed E-state index contributed by atoms with van der Waals surface area (Å²) >= 11 is 0. The number of hydrogen-bond donors (Lipinski definition) is 0. The van der Waals surface area contributed by atoms with Gasteiger partial charge in [-0.15, -0.1) is 0 Å². The minimum atomic E-state index is 0.142. The van der Waals surface area contributed by atoms with Crippen LogP contribution in [0.4, 0.5) is 0 Å². The van der Waals surface area contributed by atoms with Gasteiger partial charge in [-0.05, 0) is 47.7 Å².